The van der Waals surface area contributed by atoms with Crippen LogP contribution in [-0.2, 0) is 0 Å². The first kappa shape index (κ1) is 9.96. The molecule has 0 bridgehead atoms. The van der Waals surface area contributed by atoms with E-state index in [0.717, 1.165) is 18.7 Å². The molecule has 1 aromatic rings. The van der Waals surface area contributed by atoms with E-state index in [1.54, 1.807) is 0 Å². The van der Waals surface area contributed by atoms with Gasteiger partial charge >= 0.3 is 0 Å². The molecule has 0 saturated carbocycles. The van der Waals surface area contributed by atoms with E-state index in [9.17, 15) is 0 Å². The first-order chi connectivity index (χ1) is 7.38. The second-order valence-electron chi connectivity index (χ2n) is 3.46. The summed E-state index contributed by atoms with van der Waals surface area (Å²) >= 11 is 0. The van der Waals surface area contributed by atoms with E-state index in [2.05, 4.69) is 27.4 Å². The highest BCUT2D eigenvalue weighted by molar-refractivity contribution is 5.38. The van der Waals surface area contributed by atoms with E-state index in [0.29, 0.717) is 18.5 Å². The largest absolute Gasteiger partial charge is 0.478 e. The summed E-state index contributed by atoms with van der Waals surface area (Å²) in [5.74, 6) is 1.46. The van der Waals surface area contributed by atoms with Crippen molar-refractivity contribution in [2.75, 3.05) is 11.9 Å². The van der Waals surface area contributed by atoms with Crippen LogP contribution in [0.1, 0.15) is 19.8 Å². The Bertz CT molecular complexity index is 343. The predicted molar refractivity (Wildman–Crippen MR) is 59.0 cm³/mol. The van der Waals surface area contributed by atoms with Crippen molar-refractivity contribution in [3.63, 3.8) is 0 Å². The SMILES string of the molecule is CCOc1cc(NC2CC=CC2)ncn1. The van der Waals surface area contributed by atoms with Crippen LogP contribution in [0.4, 0.5) is 5.82 Å². The van der Waals surface area contributed by atoms with Crippen LogP contribution in [0.5, 0.6) is 5.88 Å². The quantitative estimate of drug-likeness (QED) is 0.764. The number of ether oxygens (including phenoxy) is 1. The van der Waals surface area contributed by atoms with Crippen molar-refractivity contribution >= 4 is 5.82 Å². The molecule has 0 amide bonds. The summed E-state index contributed by atoms with van der Waals surface area (Å²) in [4.78, 5) is 8.17. The van der Waals surface area contributed by atoms with Gasteiger partial charge in [-0.3, -0.25) is 0 Å². The van der Waals surface area contributed by atoms with Gasteiger partial charge in [-0.2, -0.15) is 0 Å². The fraction of sp³-hybridized carbons (Fsp3) is 0.455. The molecule has 0 atom stereocenters. The molecule has 0 aliphatic heterocycles. The smallest absolute Gasteiger partial charge is 0.218 e. The van der Waals surface area contributed by atoms with Crippen LogP contribution in [0.25, 0.3) is 0 Å². The van der Waals surface area contributed by atoms with Crippen LogP contribution in [0.15, 0.2) is 24.5 Å². The molecule has 2 rings (SSSR count). The third-order valence-electron chi connectivity index (χ3n) is 2.29. The monoisotopic (exact) mass is 205 g/mol. The van der Waals surface area contributed by atoms with Gasteiger partial charge < -0.3 is 10.1 Å². The molecule has 1 aliphatic rings. The number of hydrogen-bond acceptors (Lipinski definition) is 4. The van der Waals surface area contributed by atoms with E-state index >= 15 is 0 Å². The lowest BCUT2D eigenvalue weighted by molar-refractivity contribution is 0.326. The molecule has 0 saturated heterocycles. The highest BCUT2D eigenvalue weighted by Crippen LogP contribution is 2.17. The molecule has 4 nitrogen and oxygen atoms in total. The van der Waals surface area contributed by atoms with Gasteiger partial charge in [-0.05, 0) is 19.8 Å². The lowest BCUT2D eigenvalue weighted by Gasteiger charge is -2.12. The predicted octanol–water partition coefficient (Wildman–Crippen LogP) is 2.01. The number of rotatable bonds is 4. The minimum Gasteiger partial charge on any atom is -0.478 e. The van der Waals surface area contributed by atoms with Crippen molar-refractivity contribution in [1.29, 1.82) is 0 Å². The van der Waals surface area contributed by atoms with Gasteiger partial charge in [0.25, 0.3) is 0 Å². The highest BCUT2D eigenvalue weighted by Gasteiger charge is 2.10. The zero-order valence-corrected chi connectivity index (χ0v) is 8.81. The molecule has 15 heavy (non-hydrogen) atoms. The minimum absolute atomic E-state index is 0.467. The van der Waals surface area contributed by atoms with Crippen molar-refractivity contribution in [1.82, 2.24) is 9.97 Å². The zero-order chi connectivity index (χ0) is 10.5. The van der Waals surface area contributed by atoms with Crippen molar-refractivity contribution in [3.05, 3.63) is 24.5 Å². The Morgan fingerprint density at radius 1 is 1.40 bits per heavy atom. The number of anilines is 1. The summed E-state index contributed by atoms with van der Waals surface area (Å²) in [5.41, 5.74) is 0. The summed E-state index contributed by atoms with van der Waals surface area (Å²) in [6.45, 7) is 2.57. The van der Waals surface area contributed by atoms with E-state index in [4.69, 9.17) is 4.74 Å². The van der Waals surface area contributed by atoms with Gasteiger partial charge in [0.2, 0.25) is 5.88 Å². The van der Waals surface area contributed by atoms with Crippen LogP contribution in [0.2, 0.25) is 0 Å². The molecular weight excluding hydrogens is 190 g/mol. The summed E-state index contributed by atoms with van der Waals surface area (Å²) in [5, 5.41) is 3.35. The third kappa shape index (κ3) is 2.68. The normalized spacial score (nSPS) is 15.5. The standard InChI is InChI=1S/C11H15N3O/c1-2-15-11-7-10(12-8-13-11)14-9-5-3-4-6-9/h3-4,7-9H,2,5-6H2,1H3,(H,12,13,14). The summed E-state index contributed by atoms with van der Waals surface area (Å²) in [7, 11) is 0. The molecule has 0 fully saturated rings. The molecule has 0 spiro atoms. The minimum atomic E-state index is 0.467. The lowest BCUT2D eigenvalue weighted by atomic mass is 10.2. The van der Waals surface area contributed by atoms with Crippen LogP contribution in [0.3, 0.4) is 0 Å². The maximum absolute atomic E-state index is 5.30. The van der Waals surface area contributed by atoms with Crippen LogP contribution >= 0.6 is 0 Å². The molecule has 1 aromatic heterocycles. The van der Waals surface area contributed by atoms with Gasteiger partial charge in [-0.15, -0.1) is 0 Å². The molecule has 0 unspecified atom stereocenters. The van der Waals surface area contributed by atoms with Crippen molar-refractivity contribution < 1.29 is 4.74 Å². The maximum atomic E-state index is 5.30. The average molecular weight is 205 g/mol. The Kier molecular flexibility index (Phi) is 3.17. The van der Waals surface area contributed by atoms with E-state index in [1.165, 1.54) is 6.33 Å². The van der Waals surface area contributed by atoms with Crippen LogP contribution < -0.4 is 10.1 Å². The zero-order valence-electron chi connectivity index (χ0n) is 8.81. The lowest BCUT2D eigenvalue weighted by Crippen LogP contribution is -2.16. The highest BCUT2D eigenvalue weighted by atomic mass is 16.5. The molecule has 1 heterocycles. The van der Waals surface area contributed by atoms with E-state index in [1.807, 2.05) is 13.0 Å². The molecular formula is C11H15N3O. The molecule has 1 aliphatic carbocycles. The topological polar surface area (TPSA) is 47.0 Å². The average Bonchev–Trinajstić information content (AvgIpc) is 2.71. The van der Waals surface area contributed by atoms with Crippen molar-refractivity contribution in [3.8, 4) is 5.88 Å². The molecule has 4 heteroatoms. The molecule has 80 valence electrons. The Labute approximate surface area is 89.4 Å². The van der Waals surface area contributed by atoms with Gasteiger partial charge in [-0.25, -0.2) is 9.97 Å². The second kappa shape index (κ2) is 4.77. The Morgan fingerprint density at radius 2 is 2.20 bits per heavy atom. The Morgan fingerprint density at radius 3 is 2.93 bits per heavy atom. The number of nitrogens with zero attached hydrogens (tertiary/aromatic N) is 2. The number of hydrogen-bond donors (Lipinski definition) is 1. The van der Waals surface area contributed by atoms with Gasteiger partial charge in [0, 0.05) is 12.1 Å². The first-order valence-electron chi connectivity index (χ1n) is 5.25. The second-order valence-corrected chi connectivity index (χ2v) is 3.46. The van der Waals surface area contributed by atoms with Crippen molar-refractivity contribution in [2.24, 2.45) is 0 Å². The van der Waals surface area contributed by atoms with Gasteiger partial charge in [0.15, 0.2) is 0 Å². The molecule has 0 radical (unpaired) electrons. The summed E-state index contributed by atoms with van der Waals surface area (Å²) < 4.78 is 5.30. The summed E-state index contributed by atoms with van der Waals surface area (Å²) in [6, 6.07) is 2.30. The molecule has 0 aromatic carbocycles. The molecule has 1 N–H and O–H groups in total. The Hall–Kier alpha value is -1.58. The Balaban J connectivity index is 1.98. The van der Waals surface area contributed by atoms with Gasteiger partial charge in [0.1, 0.15) is 12.1 Å². The van der Waals surface area contributed by atoms with Gasteiger partial charge in [-0.1, -0.05) is 12.2 Å². The number of aromatic nitrogens is 2. The third-order valence-corrected chi connectivity index (χ3v) is 2.29. The summed E-state index contributed by atoms with van der Waals surface area (Å²) in [6.07, 6.45) is 8.02. The van der Waals surface area contributed by atoms with E-state index < -0.39 is 0 Å². The van der Waals surface area contributed by atoms with Crippen molar-refractivity contribution in [2.45, 2.75) is 25.8 Å². The van der Waals surface area contributed by atoms with E-state index in [-0.39, 0.29) is 0 Å². The fourth-order valence-corrected chi connectivity index (χ4v) is 1.59. The van der Waals surface area contributed by atoms with Crippen LogP contribution in [-0.4, -0.2) is 22.6 Å². The maximum Gasteiger partial charge on any atom is 0.218 e. The number of nitrogens with one attached hydrogen (secondary N) is 1. The first-order valence-corrected chi connectivity index (χ1v) is 5.25. The fourth-order valence-electron chi connectivity index (χ4n) is 1.59. The van der Waals surface area contributed by atoms with Gasteiger partial charge in [0.05, 0.1) is 6.61 Å². The van der Waals surface area contributed by atoms with Crippen LogP contribution in [0, 0.1) is 0 Å².